The van der Waals surface area contributed by atoms with Gasteiger partial charge in [0.25, 0.3) is 0 Å². The number of carbonyl (C=O) groups is 3. The van der Waals surface area contributed by atoms with Crippen LogP contribution in [0.4, 0.5) is 0 Å². The first-order chi connectivity index (χ1) is 14.4. The van der Waals surface area contributed by atoms with Crippen LogP contribution in [0.25, 0.3) is 0 Å². The highest BCUT2D eigenvalue weighted by molar-refractivity contribution is 5.78. The van der Waals surface area contributed by atoms with E-state index in [4.69, 9.17) is 33.9 Å². The van der Waals surface area contributed by atoms with E-state index < -0.39 is 11.9 Å². The van der Waals surface area contributed by atoms with Crippen LogP contribution in [0.5, 0.6) is 0 Å². The minimum absolute atomic E-state index is 0.0137. The molecular formula is C19H35NO10. The van der Waals surface area contributed by atoms with Gasteiger partial charge in [-0.3, -0.25) is 14.4 Å². The fourth-order valence-electron chi connectivity index (χ4n) is 2.03. The van der Waals surface area contributed by atoms with Gasteiger partial charge in [-0.15, -0.1) is 0 Å². The Hall–Kier alpha value is -1.79. The van der Waals surface area contributed by atoms with Gasteiger partial charge in [-0.05, 0) is 6.42 Å². The average Bonchev–Trinajstić information content (AvgIpc) is 2.70. The molecule has 0 rings (SSSR count). The highest BCUT2D eigenvalue weighted by Crippen LogP contribution is 2.05. The number of carboxylic acids is 2. The van der Waals surface area contributed by atoms with Gasteiger partial charge < -0.3 is 39.2 Å². The Bertz CT molecular complexity index is 461. The molecule has 0 aliphatic heterocycles. The van der Waals surface area contributed by atoms with E-state index in [2.05, 4.69) is 5.32 Å². The Kier molecular flexibility index (Phi) is 19.3. The first-order valence-electron chi connectivity index (χ1n) is 10.0. The van der Waals surface area contributed by atoms with Crippen molar-refractivity contribution in [1.82, 2.24) is 5.32 Å². The Morgan fingerprint density at radius 3 is 1.50 bits per heavy atom. The van der Waals surface area contributed by atoms with Crippen LogP contribution < -0.4 is 5.32 Å². The lowest BCUT2D eigenvalue weighted by atomic mass is 10.1. The van der Waals surface area contributed by atoms with Crippen molar-refractivity contribution in [1.29, 1.82) is 0 Å². The zero-order chi connectivity index (χ0) is 22.5. The van der Waals surface area contributed by atoms with Crippen LogP contribution >= 0.6 is 0 Å². The topological polar surface area (TPSA) is 150 Å². The number of hydrogen-bond donors (Lipinski definition) is 3. The van der Waals surface area contributed by atoms with Crippen LogP contribution in [-0.4, -0.2) is 101 Å². The second-order valence-corrected chi connectivity index (χ2v) is 6.33. The van der Waals surface area contributed by atoms with Gasteiger partial charge in [-0.1, -0.05) is 6.92 Å². The van der Waals surface area contributed by atoms with E-state index in [9.17, 15) is 14.4 Å². The van der Waals surface area contributed by atoms with E-state index >= 15 is 0 Å². The molecule has 11 heteroatoms. The molecule has 0 heterocycles. The van der Waals surface area contributed by atoms with Gasteiger partial charge in [-0.2, -0.15) is 0 Å². The van der Waals surface area contributed by atoms with Gasteiger partial charge in [-0.25, -0.2) is 0 Å². The van der Waals surface area contributed by atoms with E-state index in [0.717, 1.165) is 0 Å². The summed E-state index contributed by atoms with van der Waals surface area (Å²) in [4.78, 5) is 32.4. The van der Waals surface area contributed by atoms with Gasteiger partial charge in [0.15, 0.2) is 0 Å². The van der Waals surface area contributed by atoms with Crippen molar-refractivity contribution in [3.8, 4) is 0 Å². The summed E-state index contributed by atoms with van der Waals surface area (Å²) in [7, 11) is 0. The Morgan fingerprint density at radius 2 is 1.07 bits per heavy atom. The van der Waals surface area contributed by atoms with Gasteiger partial charge in [0.1, 0.15) is 0 Å². The summed E-state index contributed by atoms with van der Waals surface area (Å²) in [5, 5.41) is 19.7. The molecule has 1 amide bonds. The van der Waals surface area contributed by atoms with Crippen molar-refractivity contribution in [2.45, 2.75) is 26.2 Å². The molecule has 0 bridgehead atoms. The Morgan fingerprint density at radius 1 is 0.667 bits per heavy atom. The van der Waals surface area contributed by atoms with Crippen LogP contribution in [0.1, 0.15) is 26.2 Å². The van der Waals surface area contributed by atoms with Crippen LogP contribution in [-0.2, 0) is 38.1 Å². The number of hydrogen-bond acceptors (Lipinski definition) is 8. The normalized spacial score (nSPS) is 11.9. The van der Waals surface area contributed by atoms with Gasteiger partial charge in [0, 0.05) is 18.9 Å². The third kappa shape index (κ3) is 20.9. The van der Waals surface area contributed by atoms with Gasteiger partial charge >= 0.3 is 11.9 Å². The number of rotatable bonds is 22. The summed E-state index contributed by atoms with van der Waals surface area (Å²) in [5.74, 6) is -2.31. The van der Waals surface area contributed by atoms with Crippen molar-refractivity contribution in [3.05, 3.63) is 0 Å². The largest absolute Gasteiger partial charge is 0.481 e. The predicted octanol–water partition coefficient (Wildman–Crippen LogP) is 0.161. The maximum atomic E-state index is 11.7. The van der Waals surface area contributed by atoms with Crippen LogP contribution in [0.15, 0.2) is 0 Å². The summed E-state index contributed by atoms with van der Waals surface area (Å²) in [6, 6.07) is 0. The standard InChI is InChI=1S/C19H35NO10/c1-16(2-3-17(21)22)19(25)20-5-7-27-9-11-29-13-15-30-14-12-28-10-8-26-6-4-18(23)24/h16H,2-15H2,1H3,(H,20,25)(H,21,22)(H,23,24)/t16-/m0/s1. The fraction of sp³-hybridized carbons (Fsp3) is 0.842. The average molecular weight is 437 g/mol. The molecule has 1 atom stereocenters. The summed E-state index contributed by atoms with van der Waals surface area (Å²) >= 11 is 0. The molecule has 0 saturated heterocycles. The SMILES string of the molecule is C[C@@H](CCC(=O)O)C(=O)NCCOCCOCCOCCOCCOCCC(=O)O. The molecular weight excluding hydrogens is 402 g/mol. The molecule has 30 heavy (non-hydrogen) atoms. The van der Waals surface area contributed by atoms with Crippen LogP contribution in [0.3, 0.4) is 0 Å². The third-order valence-corrected chi connectivity index (χ3v) is 3.73. The number of nitrogens with one attached hydrogen (secondary N) is 1. The number of carboxylic acid groups (broad SMARTS) is 2. The molecule has 0 fully saturated rings. The van der Waals surface area contributed by atoms with Crippen molar-refractivity contribution in [2.75, 3.05) is 72.6 Å². The molecule has 0 spiro atoms. The summed E-state index contributed by atoms with van der Waals surface area (Å²) < 4.78 is 26.3. The maximum Gasteiger partial charge on any atom is 0.305 e. The Balaban J connectivity index is 3.22. The summed E-state index contributed by atoms with van der Waals surface area (Å²) in [5.41, 5.74) is 0. The number of aliphatic carboxylic acids is 2. The molecule has 0 unspecified atom stereocenters. The highest BCUT2D eigenvalue weighted by Gasteiger charge is 2.13. The first-order valence-corrected chi connectivity index (χ1v) is 10.0. The molecule has 0 aliphatic rings. The second kappa shape index (κ2) is 20.5. The smallest absolute Gasteiger partial charge is 0.305 e. The molecule has 3 N–H and O–H groups in total. The maximum absolute atomic E-state index is 11.7. The zero-order valence-electron chi connectivity index (χ0n) is 17.6. The molecule has 0 saturated carbocycles. The van der Waals surface area contributed by atoms with E-state index in [1.54, 1.807) is 6.92 Å². The predicted molar refractivity (Wildman–Crippen MR) is 105 cm³/mol. The van der Waals surface area contributed by atoms with Crippen molar-refractivity contribution >= 4 is 17.8 Å². The quantitative estimate of drug-likeness (QED) is 0.200. The molecule has 0 aliphatic carbocycles. The lowest BCUT2D eigenvalue weighted by molar-refractivity contribution is -0.139. The van der Waals surface area contributed by atoms with Crippen molar-refractivity contribution < 1.29 is 48.3 Å². The fourth-order valence-corrected chi connectivity index (χ4v) is 2.03. The second-order valence-electron chi connectivity index (χ2n) is 6.33. The highest BCUT2D eigenvalue weighted by atomic mass is 16.6. The molecule has 0 aromatic heterocycles. The van der Waals surface area contributed by atoms with Gasteiger partial charge in [0.05, 0.1) is 72.5 Å². The van der Waals surface area contributed by atoms with E-state index in [-0.39, 0.29) is 31.3 Å². The monoisotopic (exact) mass is 437 g/mol. The Labute approximate surface area is 176 Å². The molecule has 11 nitrogen and oxygen atoms in total. The lowest BCUT2D eigenvalue weighted by Crippen LogP contribution is -2.32. The lowest BCUT2D eigenvalue weighted by Gasteiger charge is -2.11. The summed E-state index contributed by atoms with van der Waals surface area (Å²) in [6.45, 7) is 5.86. The number of ether oxygens (including phenoxy) is 5. The third-order valence-electron chi connectivity index (χ3n) is 3.73. The first kappa shape index (κ1) is 28.2. The molecule has 0 aromatic rings. The van der Waals surface area contributed by atoms with Crippen molar-refractivity contribution in [3.63, 3.8) is 0 Å². The van der Waals surface area contributed by atoms with E-state index in [1.165, 1.54) is 0 Å². The zero-order valence-corrected chi connectivity index (χ0v) is 17.6. The van der Waals surface area contributed by atoms with Gasteiger partial charge in [0.2, 0.25) is 5.91 Å². The number of carbonyl (C=O) groups excluding carboxylic acids is 1. The van der Waals surface area contributed by atoms with E-state index in [0.29, 0.717) is 72.4 Å². The van der Waals surface area contributed by atoms with E-state index in [1.807, 2.05) is 0 Å². The molecule has 0 radical (unpaired) electrons. The minimum Gasteiger partial charge on any atom is -0.481 e. The molecule has 0 aromatic carbocycles. The van der Waals surface area contributed by atoms with Crippen LogP contribution in [0.2, 0.25) is 0 Å². The van der Waals surface area contributed by atoms with Crippen molar-refractivity contribution in [2.24, 2.45) is 5.92 Å². The number of amides is 1. The summed E-state index contributed by atoms with van der Waals surface area (Å²) in [6.07, 6.45) is 0.275. The molecule has 176 valence electrons. The minimum atomic E-state index is -0.909. The van der Waals surface area contributed by atoms with Crippen LogP contribution in [0, 0.1) is 5.92 Å².